The molecule has 1 amide bonds. The van der Waals surface area contributed by atoms with Crippen molar-refractivity contribution in [2.24, 2.45) is 0 Å². The van der Waals surface area contributed by atoms with Crippen LogP contribution in [0.15, 0.2) is 29.2 Å². The predicted molar refractivity (Wildman–Crippen MR) is 118 cm³/mol. The number of amides is 1. The number of aryl methyl sites for hydroxylation is 1. The molecule has 11 heteroatoms. The molecule has 178 valence electrons. The van der Waals surface area contributed by atoms with Crippen molar-refractivity contribution in [3.8, 4) is 0 Å². The predicted octanol–water partition coefficient (Wildman–Crippen LogP) is 1.12. The Morgan fingerprint density at radius 1 is 1.16 bits per heavy atom. The third-order valence-corrected chi connectivity index (χ3v) is 9.67. The first-order valence-electron chi connectivity index (χ1n) is 10.8. The van der Waals surface area contributed by atoms with Crippen molar-refractivity contribution in [2.75, 3.05) is 31.2 Å². The smallest absolute Gasteiger partial charge is 0.324 e. The summed E-state index contributed by atoms with van der Waals surface area (Å²) < 4.78 is 56.1. The largest absolute Gasteiger partial charge is 0.454 e. The van der Waals surface area contributed by atoms with Gasteiger partial charge in [0.15, 0.2) is 16.4 Å². The number of likely N-dealkylation sites (N-methyl/N-ethyl adjacent to an activating group) is 1. The molecule has 2 aliphatic heterocycles. The minimum absolute atomic E-state index is 0.0368. The fraction of sp³-hybridized carbons (Fsp3) is 0.619. The monoisotopic (exact) mass is 486 g/mol. The number of hydrogen-bond donors (Lipinski definition) is 0. The Bertz CT molecular complexity index is 1050. The van der Waals surface area contributed by atoms with Crippen LogP contribution in [0.25, 0.3) is 0 Å². The van der Waals surface area contributed by atoms with Gasteiger partial charge in [-0.05, 0) is 51.7 Å². The lowest BCUT2D eigenvalue weighted by atomic mass is 10.1. The van der Waals surface area contributed by atoms with Crippen molar-refractivity contribution in [3.63, 3.8) is 0 Å². The summed E-state index contributed by atoms with van der Waals surface area (Å²) in [5.74, 6) is -1.29. The lowest BCUT2D eigenvalue weighted by Crippen LogP contribution is -2.49. The maximum Gasteiger partial charge on any atom is 0.324 e. The summed E-state index contributed by atoms with van der Waals surface area (Å²) in [6, 6.07) is 5.01. The summed E-state index contributed by atoms with van der Waals surface area (Å²) in [7, 11) is -7.05. The number of benzene rings is 1. The minimum atomic E-state index is -3.89. The Morgan fingerprint density at radius 2 is 1.84 bits per heavy atom. The SMILES string of the molecule is CCN(C(=O)COC(=O)[C@H]1CCCCN1S(=O)(=O)c1ccc(C)cc1)[C@H]1CCS(=O)(=O)C1. The third kappa shape index (κ3) is 5.49. The van der Waals surface area contributed by atoms with E-state index < -0.39 is 50.4 Å². The molecule has 9 nitrogen and oxygen atoms in total. The van der Waals surface area contributed by atoms with E-state index in [2.05, 4.69) is 0 Å². The van der Waals surface area contributed by atoms with E-state index in [4.69, 9.17) is 4.74 Å². The molecule has 2 heterocycles. The molecule has 2 aliphatic rings. The van der Waals surface area contributed by atoms with E-state index in [1.807, 2.05) is 6.92 Å². The number of piperidine rings is 1. The van der Waals surface area contributed by atoms with E-state index in [1.54, 1.807) is 19.1 Å². The van der Waals surface area contributed by atoms with E-state index in [0.717, 1.165) is 9.87 Å². The Morgan fingerprint density at radius 3 is 2.44 bits per heavy atom. The molecule has 1 aromatic rings. The van der Waals surface area contributed by atoms with Crippen LogP contribution < -0.4 is 0 Å². The normalized spacial score (nSPS) is 23.6. The summed E-state index contributed by atoms with van der Waals surface area (Å²) in [6.45, 7) is 3.55. The fourth-order valence-electron chi connectivity index (χ4n) is 4.25. The van der Waals surface area contributed by atoms with Crippen molar-refractivity contribution >= 4 is 31.7 Å². The van der Waals surface area contributed by atoms with E-state index in [1.165, 1.54) is 17.0 Å². The molecule has 2 saturated heterocycles. The van der Waals surface area contributed by atoms with Crippen LogP contribution in [0.3, 0.4) is 0 Å². The Balaban J connectivity index is 1.67. The molecule has 2 atom stereocenters. The molecule has 2 fully saturated rings. The second kappa shape index (κ2) is 9.88. The first-order valence-corrected chi connectivity index (χ1v) is 14.1. The summed E-state index contributed by atoms with van der Waals surface area (Å²) in [5.41, 5.74) is 0.924. The van der Waals surface area contributed by atoms with E-state index in [-0.39, 0.29) is 22.9 Å². The molecule has 0 N–H and O–H groups in total. The molecule has 0 spiro atoms. The topological polar surface area (TPSA) is 118 Å². The Kier molecular flexibility index (Phi) is 7.61. The van der Waals surface area contributed by atoms with Crippen LogP contribution in [-0.4, -0.2) is 81.2 Å². The zero-order valence-electron chi connectivity index (χ0n) is 18.4. The second-order valence-corrected chi connectivity index (χ2v) is 12.4. The van der Waals surface area contributed by atoms with Crippen LogP contribution in [0, 0.1) is 6.92 Å². The molecule has 1 aromatic carbocycles. The first kappa shape index (κ1) is 24.7. The summed E-state index contributed by atoms with van der Waals surface area (Å²) >= 11 is 0. The lowest BCUT2D eigenvalue weighted by Gasteiger charge is -2.33. The fourth-order valence-corrected chi connectivity index (χ4v) is 7.62. The average Bonchev–Trinajstić information content (AvgIpc) is 3.12. The van der Waals surface area contributed by atoms with Crippen LogP contribution in [0.5, 0.6) is 0 Å². The number of esters is 1. The zero-order chi connectivity index (χ0) is 23.5. The van der Waals surface area contributed by atoms with Gasteiger partial charge in [0, 0.05) is 19.1 Å². The summed E-state index contributed by atoms with van der Waals surface area (Å²) in [4.78, 5) is 26.9. The molecule has 0 bridgehead atoms. The molecule has 0 radical (unpaired) electrons. The second-order valence-electron chi connectivity index (χ2n) is 8.28. The molecule has 3 rings (SSSR count). The molecular weight excluding hydrogens is 456 g/mol. The highest BCUT2D eigenvalue weighted by Crippen LogP contribution is 2.26. The maximum atomic E-state index is 13.1. The van der Waals surface area contributed by atoms with Crippen LogP contribution in [0.4, 0.5) is 0 Å². The Hall–Kier alpha value is -1.98. The lowest BCUT2D eigenvalue weighted by molar-refractivity contribution is -0.156. The number of carbonyl (C=O) groups is 2. The summed E-state index contributed by atoms with van der Waals surface area (Å²) in [5, 5.41) is 0. The van der Waals surface area contributed by atoms with Crippen molar-refractivity contribution in [1.29, 1.82) is 0 Å². The number of hydrogen-bond acceptors (Lipinski definition) is 7. The van der Waals surface area contributed by atoms with Gasteiger partial charge in [-0.1, -0.05) is 17.7 Å². The highest BCUT2D eigenvalue weighted by Gasteiger charge is 2.39. The molecule has 0 unspecified atom stereocenters. The van der Waals surface area contributed by atoms with Gasteiger partial charge in [-0.3, -0.25) is 9.59 Å². The number of sulfonamides is 1. The highest BCUT2D eigenvalue weighted by atomic mass is 32.2. The average molecular weight is 487 g/mol. The Labute approximate surface area is 189 Å². The van der Waals surface area contributed by atoms with Crippen molar-refractivity contribution in [3.05, 3.63) is 29.8 Å². The molecule has 32 heavy (non-hydrogen) atoms. The first-order chi connectivity index (χ1) is 15.0. The van der Waals surface area contributed by atoms with Crippen LogP contribution in [0.1, 0.15) is 38.2 Å². The van der Waals surface area contributed by atoms with Gasteiger partial charge in [0.05, 0.1) is 16.4 Å². The van der Waals surface area contributed by atoms with Crippen LogP contribution in [0.2, 0.25) is 0 Å². The number of rotatable bonds is 7. The number of carbonyl (C=O) groups excluding carboxylic acids is 2. The quantitative estimate of drug-likeness (QED) is 0.530. The molecule has 0 aliphatic carbocycles. The van der Waals surface area contributed by atoms with Gasteiger partial charge >= 0.3 is 5.97 Å². The van der Waals surface area contributed by atoms with Crippen molar-refractivity contribution in [2.45, 2.75) is 56.5 Å². The van der Waals surface area contributed by atoms with Gasteiger partial charge in [-0.25, -0.2) is 16.8 Å². The van der Waals surface area contributed by atoms with Crippen molar-refractivity contribution < 1.29 is 31.2 Å². The molecule has 0 aromatic heterocycles. The minimum Gasteiger partial charge on any atom is -0.454 e. The van der Waals surface area contributed by atoms with E-state index >= 15 is 0 Å². The van der Waals surface area contributed by atoms with Gasteiger partial charge in [0.1, 0.15) is 6.04 Å². The number of ether oxygens (including phenoxy) is 1. The highest BCUT2D eigenvalue weighted by molar-refractivity contribution is 7.91. The van der Waals surface area contributed by atoms with Crippen molar-refractivity contribution in [1.82, 2.24) is 9.21 Å². The van der Waals surface area contributed by atoms with Crippen LogP contribution in [-0.2, 0) is 34.2 Å². The third-order valence-electron chi connectivity index (χ3n) is 6.00. The van der Waals surface area contributed by atoms with Gasteiger partial charge < -0.3 is 9.64 Å². The van der Waals surface area contributed by atoms with Gasteiger partial charge in [0.25, 0.3) is 5.91 Å². The number of sulfone groups is 1. The van der Waals surface area contributed by atoms with Gasteiger partial charge in [-0.15, -0.1) is 0 Å². The zero-order valence-corrected chi connectivity index (χ0v) is 20.0. The van der Waals surface area contributed by atoms with Gasteiger partial charge in [0.2, 0.25) is 10.0 Å². The maximum absolute atomic E-state index is 13.1. The van der Waals surface area contributed by atoms with E-state index in [9.17, 15) is 26.4 Å². The van der Waals surface area contributed by atoms with Crippen LogP contribution >= 0.6 is 0 Å². The standard InChI is InChI=1S/C21H30N2O7S2/c1-3-22(17-11-13-31(26,27)15-17)20(24)14-30-21(25)19-6-4-5-12-23(19)32(28,29)18-9-7-16(2)8-10-18/h7-10,17,19H,3-6,11-15H2,1-2H3/t17-,19+/m0/s1. The molecule has 0 saturated carbocycles. The summed E-state index contributed by atoms with van der Waals surface area (Å²) in [6.07, 6.45) is 1.99. The van der Waals surface area contributed by atoms with E-state index in [0.29, 0.717) is 32.2 Å². The van der Waals surface area contributed by atoms with Gasteiger partial charge in [-0.2, -0.15) is 4.31 Å². The molecular formula is C21H30N2O7S2. The number of nitrogens with zero attached hydrogens (tertiary/aromatic N) is 2.